The number of hydrogen-bond acceptors (Lipinski definition) is 2. The zero-order valence-corrected chi connectivity index (χ0v) is 9.41. The second-order valence-electron chi connectivity index (χ2n) is 3.49. The molecule has 0 radical (unpaired) electrons. The summed E-state index contributed by atoms with van der Waals surface area (Å²) in [5.74, 6) is 0.738. The van der Waals surface area contributed by atoms with E-state index in [9.17, 15) is 0 Å². The summed E-state index contributed by atoms with van der Waals surface area (Å²) >= 11 is 5.33. The van der Waals surface area contributed by atoms with Crippen LogP contribution in [0.5, 0.6) is 0 Å². The SMILES string of the molecule is Cc1sc(Br)cc1C1CC(N)C1. The van der Waals surface area contributed by atoms with E-state index in [4.69, 9.17) is 5.73 Å². The van der Waals surface area contributed by atoms with E-state index in [2.05, 4.69) is 28.9 Å². The Kier molecular flexibility index (Phi) is 2.27. The molecule has 1 nitrogen and oxygen atoms in total. The summed E-state index contributed by atoms with van der Waals surface area (Å²) in [6.45, 7) is 2.19. The van der Waals surface area contributed by atoms with Gasteiger partial charge in [0, 0.05) is 10.9 Å². The quantitative estimate of drug-likeness (QED) is 0.809. The van der Waals surface area contributed by atoms with E-state index < -0.39 is 0 Å². The average molecular weight is 246 g/mol. The summed E-state index contributed by atoms with van der Waals surface area (Å²) in [4.78, 5) is 1.44. The Balaban J connectivity index is 2.17. The Bertz CT molecular complexity index is 289. The maximum Gasteiger partial charge on any atom is 0.0704 e. The number of thiophene rings is 1. The van der Waals surface area contributed by atoms with Crippen molar-refractivity contribution in [2.45, 2.75) is 31.7 Å². The van der Waals surface area contributed by atoms with Crippen molar-refractivity contribution in [3.05, 3.63) is 20.3 Å². The Hall–Kier alpha value is 0.140. The van der Waals surface area contributed by atoms with Gasteiger partial charge in [0.2, 0.25) is 0 Å². The number of halogens is 1. The van der Waals surface area contributed by atoms with E-state index in [1.807, 2.05) is 11.3 Å². The molecule has 0 aliphatic heterocycles. The molecule has 3 heteroatoms. The molecule has 66 valence electrons. The zero-order chi connectivity index (χ0) is 8.72. The Morgan fingerprint density at radius 1 is 1.58 bits per heavy atom. The van der Waals surface area contributed by atoms with E-state index in [-0.39, 0.29) is 0 Å². The van der Waals surface area contributed by atoms with Crippen LogP contribution >= 0.6 is 27.3 Å². The minimum absolute atomic E-state index is 0.452. The number of aryl methyl sites for hydroxylation is 1. The highest BCUT2D eigenvalue weighted by Crippen LogP contribution is 2.41. The smallest absolute Gasteiger partial charge is 0.0704 e. The van der Waals surface area contributed by atoms with Crippen molar-refractivity contribution in [1.29, 1.82) is 0 Å². The fraction of sp³-hybridized carbons (Fsp3) is 0.556. The van der Waals surface area contributed by atoms with Crippen molar-refractivity contribution in [2.24, 2.45) is 5.73 Å². The first kappa shape index (κ1) is 8.73. The van der Waals surface area contributed by atoms with Crippen molar-refractivity contribution in [1.82, 2.24) is 0 Å². The van der Waals surface area contributed by atoms with Gasteiger partial charge in [-0.1, -0.05) is 0 Å². The van der Waals surface area contributed by atoms with Gasteiger partial charge >= 0.3 is 0 Å². The van der Waals surface area contributed by atoms with Gasteiger partial charge < -0.3 is 5.73 Å². The molecule has 0 atom stereocenters. The fourth-order valence-electron chi connectivity index (χ4n) is 1.78. The van der Waals surface area contributed by atoms with Crippen molar-refractivity contribution in [3.63, 3.8) is 0 Å². The molecule has 0 bridgehead atoms. The second kappa shape index (κ2) is 3.13. The van der Waals surface area contributed by atoms with Gasteiger partial charge in [-0.2, -0.15) is 0 Å². The van der Waals surface area contributed by atoms with Gasteiger partial charge in [-0.05, 0) is 53.2 Å². The van der Waals surface area contributed by atoms with E-state index >= 15 is 0 Å². The largest absolute Gasteiger partial charge is 0.328 e. The third-order valence-corrected chi connectivity index (χ3v) is 4.11. The first-order chi connectivity index (χ1) is 5.66. The molecule has 2 N–H and O–H groups in total. The molecule has 0 unspecified atom stereocenters. The molecule has 0 spiro atoms. The van der Waals surface area contributed by atoms with E-state index in [1.54, 1.807) is 0 Å². The Labute approximate surface area is 85.1 Å². The minimum Gasteiger partial charge on any atom is -0.328 e. The van der Waals surface area contributed by atoms with Gasteiger partial charge in [0.25, 0.3) is 0 Å². The zero-order valence-electron chi connectivity index (χ0n) is 7.01. The molecule has 1 aliphatic carbocycles. The lowest BCUT2D eigenvalue weighted by molar-refractivity contribution is 0.351. The summed E-state index contributed by atoms with van der Waals surface area (Å²) in [6.07, 6.45) is 2.34. The minimum atomic E-state index is 0.452. The molecule has 1 fully saturated rings. The van der Waals surface area contributed by atoms with Crippen LogP contribution in [0.1, 0.15) is 29.2 Å². The summed E-state index contributed by atoms with van der Waals surface area (Å²) in [6, 6.07) is 2.70. The standard InChI is InChI=1S/C9H12BrNS/c1-5-8(4-9(10)12-5)6-2-7(11)3-6/h4,6-7H,2-3,11H2,1H3. The van der Waals surface area contributed by atoms with Crippen molar-refractivity contribution < 1.29 is 0 Å². The van der Waals surface area contributed by atoms with Gasteiger partial charge in [0.1, 0.15) is 0 Å². The van der Waals surface area contributed by atoms with Crippen LogP contribution in [0, 0.1) is 6.92 Å². The predicted octanol–water partition coefficient (Wildman–Crippen LogP) is 3.02. The van der Waals surface area contributed by atoms with Gasteiger partial charge in [-0.15, -0.1) is 11.3 Å². The molecule has 1 aliphatic rings. The summed E-state index contributed by atoms with van der Waals surface area (Å²) in [5, 5.41) is 0. The molecular formula is C9H12BrNS. The fourth-order valence-corrected chi connectivity index (χ4v) is 3.58. The molecule has 2 rings (SSSR count). The van der Waals surface area contributed by atoms with Gasteiger partial charge in [0.05, 0.1) is 3.79 Å². The van der Waals surface area contributed by atoms with E-state index in [0.717, 1.165) is 5.92 Å². The third kappa shape index (κ3) is 1.45. The first-order valence-electron chi connectivity index (χ1n) is 4.18. The maximum atomic E-state index is 5.75. The maximum absolute atomic E-state index is 5.75. The van der Waals surface area contributed by atoms with Gasteiger partial charge in [-0.25, -0.2) is 0 Å². The van der Waals surface area contributed by atoms with Crippen LogP contribution in [0.2, 0.25) is 0 Å². The monoisotopic (exact) mass is 245 g/mol. The molecule has 0 aromatic carbocycles. The number of rotatable bonds is 1. The first-order valence-corrected chi connectivity index (χ1v) is 5.79. The molecule has 12 heavy (non-hydrogen) atoms. The Morgan fingerprint density at radius 3 is 2.67 bits per heavy atom. The lowest BCUT2D eigenvalue weighted by Gasteiger charge is -2.32. The molecule has 1 saturated carbocycles. The number of hydrogen-bond donors (Lipinski definition) is 1. The van der Waals surface area contributed by atoms with Crippen molar-refractivity contribution >= 4 is 27.3 Å². The van der Waals surface area contributed by atoms with Gasteiger partial charge in [0.15, 0.2) is 0 Å². The van der Waals surface area contributed by atoms with Crippen molar-refractivity contribution in [2.75, 3.05) is 0 Å². The molecule has 0 amide bonds. The highest BCUT2D eigenvalue weighted by molar-refractivity contribution is 9.11. The van der Waals surface area contributed by atoms with Crippen LogP contribution in [-0.2, 0) is 0 Å². The third-order valence-electron chi connectivity index (χ3n) is 2.54. The Morgan fingerprint density at radius 2 is 2.25 bits per heavy atom. The lowest BCUT2D eigenvalue weighted by Crippen LogP contribution is -2.34. The normalized spacial score (nSPS) is 28.6. The van der Waals surface area contributed by atoms with E-state index in [0.29, 0.717) is 6.04 Å². The van der Waals surface area contributed by atoms with Crippen LogP contribution in [0.15, 0.2) is 9.85 Å². The predicted molar refractivity (Wildman–Crippen MR) is 56.7 cm³/mol. The van der Waals surface area contributed by atoms with Gasteiger partial charge in [-0.3, -0.25) is 0 Å². The highest BCUT2D eigenvalue weighted by Gasteiger charge is 2.29. The van der Waals surface area contributed by atoms with Crippen LogP contribution in [0.4, 0.5) is 0 Å². The van der Waals surface area contributed by atoms with Crippen molar-refractivity contribution in [3.8, 4) is 0 Å². The summed E-state index contributed by atoms with van der Waals surface area (Å²) < 4.78 is 1.25. The topological polar surface area (TPSA) is 26.0 Å². The van der Waals surface area contributed by atoms with Crippen LogP contribution in [0.3, 0.4) is 0 Å². The summed E-state index contributed by atoms with van der Waals surface area (Å²) in [7, 11) is 0. The summed E-state index contributed by atoms with van der Waals surface area (Å²) in [5.41, 5.74) is 7.26. The second-order valence-corrected chi connectivity index (χ2v) is 6.13. The van der Waals surface area contributed by atoms with Crippen LogP contribution in [-0.4, -0.2) is 6.04 Å². The van der Waals surface area contributed by atoms with Crippen LogP contribution < -0.4 is 5.73 Å². The highest BCUT2D eigenvalue weighted by atomic mass is 79.9. The molecule has 1 aromatic heterocycles. The molecule has 1 heterocycles. The molecule has 0 saturated heterocycles. The molecule has 1 aromatic rings. The molecular weight excluding hydrogens is 234 g/mol. The average Bonchev–Trinajstić information content (AvgIpc) is 2.23. The lowest BCUT2D eigenvalue weighted by atomic mass is 9.76. The number of nitrogens with two attached hydrogens (primary N) is 1. The van der Waals surface area contributed by atoms with E-state index in [1.165, 1.54) is 27.1 Å². The van der Waals surface area contributed by atoms with Crippen LogP contribution in [0.25, 0.3) is 0 Å².